The summed E-state index contributed by atoms with van der Waals surface area (Å²) in [6.45, 7) is 2.30. The Morgan fingerprint density at radius 3 is 2.71 bits per heavy atom. The van der Waals surface area contributed by atoms with Gasteiger partial charge in [0.05, 0.1) is 17.7 Å². The molecular weight excluding hydrogens is 394 g/mol. The molecular formula is C23H21N5O3. The van der Waals surface area contributed by atoms with Gasteiger partial charge in [-0.05, 0) is 43.2 Å². The number of imide groups is 1. The zero-order valence-electron chi connectivity index (χ0n) is 17.3. The first-order valence-corrected chi connectivity index (χ1v) is 10.2. The summed E-state index contributed by atoms with van der Waals surface area (Å²) in [5, 5.41) is 2.33. The minimum absolute atomic E-state index is 0.180. The van der Waals surface area contributed by atoms with E-state index in [1.54, 1.807) is 23.5 Å². The molecule has 1 N–H and O–H groups in total. The normalized spacial score (nSPS) is 18.3. The van der Waals surface area contributed by atoms with Crippen molar-refractivity contribution in [2.24, 2.45) is 7.05 Å². The summed E-state index contributed by atoms with van der Waals surface area (Å²) in [6, 6.07) is 8.96. The number of amides is 3. The summed E-state index contributed by atoms with van der Waals surface area (Å²) in [4.78, 5) is 47.2. The van der Waals surface area contributed by atoms with E-state index in [0.29, 0.717) is 18.5 Å². The number of pyridine rings is 1. The standard InChI is InChI=1S/C23H21N5O3/c1-13-16(4-3-9-24-13)21-20(25-12-27(21)2)14-5-6-17-15(10-14)11-28(23(17)31)18-7-8-19(29)26-22(18)30/h3-6,9-10,12,18H,7-8,11H2,1-2H3,(H,26,29,30)/t18-/m0/s1. The molecule has 4 heterocycles. The first kappa shape index (κ1) is 19.2. The highest BCUT2D eigenvalue weighted by molar-refractivity contribution is 6.05. The molecule has 0 radical (unpaired) electrons. The van der Waals surface area contributed by atoms with Gasteiger partial charge in [-0.2, -0.15) is 0 Å². The van der Waals surface area contributed by atoms with E-state index < -0.39 is 11.9 Å². The summed E-state index contributed by atoms with van der Waals surface area (Å²) in [7, 11) is 1.94. The van der Waals surface area contributed by atoms with Gasteiger partial charge in [0.2, 0.25) is 11.8 Å². The average molecular weight is 415 g/mol. The molecule has 0 unspecified atom stereocenters. The molecule has 5 rings (SSSR count). The lowest BCUT2D eigenvalue weighted by Gasteiger charge is -2.29. The molecule has 0 bridgehead atoms. The van der Waals surface area contributed by atoms with Crippen LogP contribution in [0.3, 0.4) is 0 Å². The number of hydrogen-bond donors (Lipinski definition) is 1. The second-order valence-electron chi connectivity index (χ2n) is 7.96. The van der Waals surface area contributed by atoms with Crippen molar-refractivity contribution in [2.45, 2.75) is 32.4 Å². The van der Waals surface area contributed by atoms with E-state index in [4.69, 9.17) is 0 Å². The summed E-state index contributed by atoms with van der Waals surface area (Å²) in [5.41, 5.74) is 6.02. The predicted molar refractivity (Wildman–Crippen MR) is 113 cm³/mol. The van der Waals surface area contributed by atoms with Gasteiger partial charge in [-0.25, -0.2) is 4.98 Å². The zero-order valence-corrected chi connectivity index (χ0v) is 17.3. The molecule has 1 fully saturated rings. The predicted octanol–water partition coefficient (Wildman–Crippen LogP) is 2.22. The highest BCUT2D eigenvalue weighted by atomic mass is 16.2. The number of piperidine rings is 1. The molecule has 2 aliphatic heterocycles. The Balaban J connectivity index is 1.51. The summed E-state index contributed by atoms with van der Waals surface area (Å²) >= 11 is 0. The Kier molecular flexibility index (Phi) is 4.43. The van der Waals surface area contributed by atoms with Gasteiger partial charge in [-0.1, -0.05) is 6.07 Å². The van der Waals surface area contributed by atoms with Crippen LogP contribution in [-0.4, -0.2) is 43.2 Å². The first-order valence-electron chi connectivity index (χ1n) is 10.2. The number of fused-ring (bicyclic) bond motifs is 1. The molecule has 0 spiro atoms. The third-order valence-corrected chi connectivity index (χ3v) is 6.00. The molecule has 31 heavy (non-hydrogen) atoms. The smallest absolute Gasteiger partial charge is 0.255 e. The number of carbonyl (C=O) groups is 3. The van der Waals surface area contributed by atoms with E-state index in [1.165, 1.54) is 0 Å². The van der Waals surface area contributed by atoms with Crippen molar-refractivity contribution in [1.82, 2.24) is 24.8 Å². The molecule has 1 saturated heterocycles. The molecule has 0 saturated carbocycles. The highest BCUT2D eigenvalue weighted by Gasteiger charge is 2.39. The van der Waals surface area contributed by atoms with Gasteiger partial charge in [-0.3, -0.25) is 24.7 Å². The lowest BCUT2D eigenvalue weighted by atomic mass is 10.00. The van der Waals surface area contributed by atoms with E-state index >= 15 is 0 Å². The molecule has 156 valence electrons. The van der Waals surface area contributed by atoms with Crippen molar-refractivity contribution < 1.29 is 14.4 Å². The van der Waals surface area contributed by atoms with Gasteiger partial charge >= 0.3 is 0 Å². The molecule has 8 nitrogen and oxygen atoms in total. The third kappa shape index (κ3) is 3.11. The maximum atomic E-state index is 12.9. The number of aromatic nitrogens is 3. The Morgan fingerprint density at radius 1 is 1.10 bits per heavy atom. The molecule has 3 aromatic rings. The molecule has 8 heteroatoms. The fraction of sp³-hybridized carbons (Fsp3) is 0.261. The third-order valence-electron chi connectivity index (χ3n) is 6.00. The van der Waals surface area contributed by atoms with E-state index in [2.05, 4.69) is 15.3 Å². The van der Waals surface area contributed by atoms with Crippen molar-refractivity contribution in [2.75, 3.05) is 0 Å². The Morgan fingerprint density at radius 2 is 1.94 bits per heavy atom. The van der Waals surface area contributed by atoms with Crippen molar-refractivity contribution in [1.29, 1.82) is 0 Å². The number of aryl methyl sites for hydroxylation is 2. The number of nitrogens with one attached hydrogen (secondary N) is 1. The largest absolute Gasteiger partial charge is 0.333 e. The fourth-order valence-electron chi connectivity index (χ4n) is 4.42. The Hall–Kier alpha value is -3.81. The van der Waals surface area contributed by atoms with E-state index in [9.17, 15) is 14.4 Å². The molecule has 3 amide bonds. The lowest BCUT2D eigenvalue weighted by molar-refractivity contribution is -0.136. The van der Waals surface area contributed by atoms with E-state index in [-0.39, 0.29) is 18.2 Å². The fourth-order valence-corrected chi connectivity index (χ4v) is 4.42. The van der Waals surface area contributed by atoms with Crippen LogP contribution in [0.2, 0.25) is 0 Å². The monoisotopic (exact) mass is 415 g/mol. The van der Waals surface area contributed by atoms with Crippen molar-refractivity contribution in [3.63, 3.8) is 0 Å². The van der Waals surface area contributed by atoms with Crippen molar-refractivity contribution in [3.05, 3.63) is 59.7 Å². The lowest BCUT2D eigenvalue weighted by Crippen LogP contribution is -2.52. The molecule has 2 aromatic heterocycles. The zero-order chi connectivity index (χ0) is 21.7. The molecule has 0 aliphatic carbocycles. The second-order valence-corrected chi connectivity index (χ2v) is 7.96. The van der Waals surface area contributed by atoms with Crippen molar-refractivity contribution in [3.8, 4) is 22.5 Å². The first-order chi connectivity index (χ1) is 14.9. The van der Waals surface area contributed by atoms with Gasteiger partial charge in [-0.15, -0.1) is 0 Å². The number of imidazole rings is 1. The summed E-state index contributed by atoms with van der Waals surface area (Å²) in [6.07, 6.45) is 4.12. The highest BCUT2D eigenvalue weighted by Crippen LogP contribution is 2.35. The van der Waals surface area contributed by atoms with Gasteiger partial charge in [0, 0.05) is 48.6 Å². The van der Waals surface area contributed by atoms with Gasteiger partial charge in [0.25, 0.3) is 5.91 Å². The molecule has 1 atom stereocenters. The Labute approximate surface area is 178 Å². The second kappa shape index (κ2) is 7.16. The average Bonchev–Trinajstić information content (AvgIpc) is 3.28. The van der Waals surface area contributed by atoms with Gasteiger partial charge in [0.15, 0.2) is 0 Å². The maximum Gasteiger partial charge on any atom is 0.255 e. The molecule has 2 aliphatic rings. The van der Waals surface area contributed by atoms with Gasteiger partial charge in [0.1, 0.15) is 6.04 Å². The number of hydrogen-bond acceptors (Lipinski definition) is 5. The maximum absolute atomic E-state index is 12.9. The van der Waals surface area contributed by atoms with Crippen LogP contribution >= 0.6 is 0 Å². The number of rotatable bonds is 3. The number of carbonyl (C=O) groups excluding carboxylic acids is 3. The van der Waals surface area contributed by atoms with Crippen LogP contribution in [0, 0.1) is 6.92 Å². The number of benzene rings is 1. The van der Waals surface area contributed by atoms with Crippen LogP contribution in [0.15, 0.2) is 42.9 Å². The van der Waals surface area contributed by atoms with Gasteiger partial charge < -0.3 is 9.47 Å². The minimum Gasteiger partial charge on any atom is -0.333 e. The topological polar surface area (TPSA) is 97.2 Å². The number of nitrogens with zero attached hydrogens (tertiary/aromatic N) is 4. The van der Waals surface area contributed by atoms with E-state index in [1.807, 2.05) is 42.8 Å². The van der Waals surface area contributed by atoms with Crippen LogP contribution in [0.25, 0.3) is 22.5 Å². The Bertz CT molecular complexity index is 1250. The van der Waals surface area contributed by atoms with E-state index in [0.717, 1.165) is 33.8 Å². The summed E-state index contributed by atoms with van der Waals surface area (Å²) in [5.74, 6) is -0.877. The quantitative estimate of drug-likeness (QED) is 0.662. The minimum atomic E-state index is -0.621. The van der Waals surface area contributed by atoms with Crippen LogP contribution in [-0.2, 0) is 23.2 Å². The molecule has 1 aromatic carbocycles. The van der Waals surface area contributed by atoms with Crippen LogP contribution < -0.4 is 5.32 Å². The van der Waals surface area contributed by atoms with Crippen LogP contribution in [0.4, 0.5) is 0 Å². The summed E-state index contributed by atoms with van der Waals surface area (Å²) < 4.78 is 1.97. The van der Waals surface area contributed by atoms with Crippen LogP contribution in [0.5, 0.6) is 0 Å². The van der Waals surface area contributed by atoms with Crippen LogP contribution in [0.1, 0.15) is 34.5 Å². The SMILES string of the molecule is Cc1ncccc1-c1c(-c2ccc3c(c2)CN([C@H]2CCC(=O)NC2=O)C3=O)ncn1C. The van der Waals surface area contributed by atoms with Crippen molar-refractivity contribution >= 4 is 17.7 Å².